The summed E-state index contributed by atoms with van der Waals surface area (Å²) < 4.78 is 1.36. The van der Waals surface area contributed by atoms with Crippen molar-refractivity contribution >= 4 is 85.1 Å². The Bertz CT molecular complexity index is 624. The second kappa shape index (κ2) is 13.5. The molecule has 0 fully saturated rings. The number of benzene rings is 1. The predicted molar refractivity (Wildman–Crippen MR) is 121 cm³/mol. The third kappa shape index (κ3) is 8.39. The van der Waals surface area contributed by atoms with Crippen LogP contribution in [0.3, 0.4) is 0 Å². The van der Waals surface area contributed by atoms with Gasteiger partial charge in [-0.25, -0.2) is 0 Å². The van der Waals surface area contributed by atoms with E-state index >= 15 is 0 Å². The molecule has 0 saturated carbocycles. The van der Waals surface area contributed by atoms with Crippen LogP contribution in [0.15, 0.2) is 24.3 Å². The zero-order valence-electron chi connectivity index (χ0n) is 13.9. The Kier molecular flexibility index (Phi) is 13.2. The molecule has 9 N–H and O–H groups in total. The molecule has 0 spiro atoms. The van der Waals surface area contributed by atoms with Crippen molar-refractivity contribution in [2.45, 2.75) is 0 Å². The molecule has 0 saturated heterocycles. The van der Waals surface area contributed by atoms with Gasteiger partial charge in [0.05, 0.1) is 0 Å². The number of hydrogen-bond acceptors (Lipinski definition) is 10. The second-order valence-corrected chi connectivity index (χ2v) is 16.3. The third-order valence-electron chi connectivity index (χ3n) is 2.66. The van der Waals surface area contributed by atoms with E-state index in [1.54, 1.807) is 0 Å². The van der Waals surface area contributed by atoms with Gasteiger partial charge in [0.25, 0.3) is 0 Å². The van der Waals surface area contributed by atoms with Gasteiger partial charge in [0.1, 0.15) is 0 Å². The van der Waals surface area contributed by atoms with E-state index < -0.39 is 12.3 Å². The molecule has 1 aromatic carbocycles. The van der Waals surface area contributed by atoms with Crippen LogP contribution in [-0.4, -0.2) is 51.9 Å². The zero-order valence-corrected chi connectivity index (χ0v) is 19.0. The van der Waals surface area contributed by atoms with E-state index in [1.807, 2.05) is 32.2 Å². The van der Waals surface area contributed by atoms with Crippen LogP contribution in [0.4, 0.5) is 23.5 Å². The molecule has 0 unspecified atom stereocenters. The van der Waals surface area contributed by atoms with Gasteiger partial charge in [0, 0.05) is 0 Å². The molecule has 2 rings (SSSR count). The second-order valence-electron chi connectivity index (χ2n) is 4.55. The quantitative estimate of drug-likeness (QED) is 0.310. The minimum atomic E-state index is -1.26. The van der Waals surface area contributed by atoms with Crippen LogP contribution in [0.2, 0.25) is 0 Å². The molecule has 0 bridgehead atoms. The topological polar surface area (TPSA) is 155 Å². The van der Waals surface area contributed by atoms with Crippen molar-refractivity contribution in [3.63, 3.8) is 0 Å². The summed E-state index contributed by atoms with van der Waals surface area (Å²) in [5, 5.41) is 3.08. The number of rotatable bonds is 9. The SMILES string of the molecule is Cl.Cl.NCCS[As](SCCN)c1ccc(Nc2nc(N)nc(N)n2)cc1. The summed E-state index contributed by atoms with van der Waals surface area (Å²) >= 11 is -1.26. The first-order chi connectivity index (χ1) is 11.6. The molecule has 26 heavy (non-hydrogen) atoms. The van der Waals surface area contributed by atoms with Gasteiger partial charge in [-0.2, -0.15) is 0 Å². The number of nitrogens with zero attached hydrogens (tertiary/aromatic N) is 3. The Morgan fingerprint density at radius 2 is 1.35 bits per heavy atom. The molecule has 2 aromatic rings. The molecule has 8 nitrogen and oxygen atoms in total. The fourth-order valence-electron chi connectivity index (χ4n) is 1.72. The maximum atomic E-state index is 5.64. The van der Waals surface area contributed by atoms with E-state index in [2.05, 4.69) is 32.4 Å². The van der Waals surface area contributed by atoms with Crippen molar-refractivity contribution in [1.82, 2.24) is 15.0 Å². The minimum absolute atomic E-state index is 0. The Morgan fingerprint density at radius 3 is 1.81 bits per heavy atom. The summed E-state index contributed by atoms with van der Waals surface area (Å²) in [7, 11) is 3.94. The standard InChI is InChI=1S/C13H21AsN8S2.2ClH/c15-5-7-23-14(24-8-6-16)9-1-3-10(4-2-9)19-13-21-11(17)20-12(18)22-13;;/h1-4H,5-8,15-16H2,(H5,17,18,19,20,21,22);2*1H. The molecule has 0 atom stereocenters. The van der Waals surface area contributed by atoms with Gasteiger partial charge in [-0.05, 0) is 0 Å². The van der Waals surface area contributed by atoms with E-state index in [-0.39, 0.29) is 36.7 Å². The summed E-state index contributed by atoms with van der Waals surface area (Å²) in [4.78, 5) is 11.8. The fourth-order valence-corrected chi connectivity index (χ4v) is 14.0. The van der Waals surface area contributed by atoms with Crippen LogP contribution in [0.5, 0.6) is 0 Å². The number of nitrogen functional groups attached to an aromatic ring is 2. The van der Waals surface area contributed by atoms with E-state index in [4.69, 9.17) is 22.9 Å². The van der Waals surface area contributed by atoms with E-state index in [0.717, 1.165) is 17.2 Å². The van der Waals surface area contributed by atoms with Gasteiger partial charge in [-0.1, -0.05) is 0 Å². The Hall–Kier alpha value is -0.612. The fraction of sp³-hybridized carbons (Fsp3) is 0.308. The molecule has 1 heterocycles. The Balaban J connectivity index is 0.00000312. The predicted octanol–water partition coefficient (Wildman–Crippen LogP) is 0.702. The van der Waals surface area contributed by atoms with Gasteiger partial charge in [-0.3, -0.25) is 0 Å². The van der Waals surface area contributed by atoms with Crippen molar-refractivity contribution in [3.8, 4) is 0 Å². The van der Waals surface area contributed by atoms with Crippen LogP contribution in [0, 0.1) is 0 Å². The van der Waals surface area contributed by atoms with Crippen molar-refractivity contribution in [2.75, 3.05) is 41.4 Å². The molecular weight excluding hydrogens is 478 g/mol. The number of hydrogen-bond donors (Lipinski definition) is 5. The third-order valence-corrected chi connectivity index (χ3v) is 16.2. The van der Waals surface area contributed by atoms with Crippen LogP contribution < -0.4 is 32.6 Å². The first kappa shape index (κ1) is 25.4. The van der Waals surface area contributed by atoms with E-state index in [0.29, 0.717) is 19.0 Å². The molecule has 146 valence electrons. The summed E-state index contributed by atoms with van der Waals surface area (Å²) in [5.74, 6) is 2.45. The Morgan fingerprint density at radius 1 is 0.846 bits per heavy atom. The van der Waals surface area contributed by atoms with Gasteiger partial charge < -0.3 is 0 Å². The van der Waals surface area contributed by atoms with E-state index in [9.17, 15) is 0 Å². The summed E-state index contributed by atoms with van der Waals surface area (Å²) in [5.41, 5.74) is 23.3. The van der Waals surface area contributed by atoms with Crippen LogP contribution in [-0.2, 0) is 0 Å². The zero-order chi connectivity index (χ0) is 17.4. The molecule has 0 aliphatic carbocycles. The van der Waals surface area contributed by atoms with Crippen LogP contribution in [0.1, 0.15) is 0 Å². The molecular formula is C13H23AsCl2N8S2. The average Bonchev–Trinajstić information content (AvgIpc) is 2.55. The number of aromatic nitrogens is 3. The Labute approximate surface area is 176 Å². The molecule has 1 aromatic heterocycles. The summed E-state index contributed by atoms with van der Waals surface area (Å²) in [6.45, 7) is 1.39. The van der Waals surface area contributed by atoms with Crippen molar-refractivity contribution in [3.05, 3.63) is 24.3 Å². The molecule has 0 amide bonds. The van der Waals surface area contributed by atoms with Crippen molar-refractivity contribution in [2.24, 2.45) is 11.5 Å². The van der Waals surface area contributed by atoms with Gasteiger partial charge >= 0.3 is 152 Å². The van der Waals surface area contributed by atoms with Gasteiger partial charge in [-0.15, -0.1) is 24.8 Å². The van der Waals surface area contributed by atoms with Gasteiger partial charge in [0.15, 0.2) is 0 Å². The average molecular weight is 501 g/mol. The number of anilines is 4. The number of halogens is 2. The number of nitrogens with one attached hydrogen (secondary N) is 1. The van der Waals surface area contributed by atoms with E-state index in [1.165, 1.54) is 4.35 Å². The van der Waals surface area contributed by atoms with Crippen LogP contribution in [0.25, 0.3) is 0 Å². The summed E-state index contributed by atoms with van der Waals surface area (Å²) in [6.07, 6.45) is 0. The van der Waals surface area contributed by atoms with Crippen molar-refractivity contribution < 1.29 is 0 Å². The maximum absolute atomic E-state index is 5.64. The molecule has 13 heteroatoms. The summed E-state index contributed by atoms with van der Waals surface area (Å²) in [6, 6.07) is 8.26. The number of nitrogens with two attached hydrogens (primary N) is 4. The molecule has 0 radical (unpaired) electrons. The van der Waals surface area contributed by atoms with Gasteiger partial charge in [0.2, 0.25) is 0 Å². The molecule has 0 aliphatic heterocycles. The molecule has 0 aliphatic rings. The normalized spacial score (nSPS) is 10.1. The first-order valence-corrected chi connectivity index (χ1v) is 14.6. The first-order valence-electron chi connectivity index (χ1n) is 7.22. The van der Waals surface area contributed by atoms with Crippen molar-refractivity contribution in [1.29, 1.82) is 0 Å². The van der Waals surface area contributed by atoms with Crippen LogP contribution >= 0.6 is 44.9 Å². The monoisotopic (exact) mass is 500 g/mol.